The summed E-state index contributed by atoms with van der Waals surface area (Å²) >= 11 is 5.76. The van der Waals surface area contributed by atoms with Crippen LogP contribution < -0.4 is 5.32 Å². The second-order valence-electron chi connectivity index (χ2n) is 3.72. The third-order valence-corrected chi connectivity index (χ3v) is 2.37. The molecule has 0 amide bonds. The van der Waals surface area contributed by atoms with Gasteiger partial charge in [0.05, 0.1) is 6.61 Å². The van der Waals surface area contributed by atoms with Crippen LogP contribution in [-0.4, -0.2) is 19.3 Å². The fraction of sp³-hybridized carbons (Fsp3) is 0.500. The highest BCUT2D eigenvalue weighted by atomic mass is 35.5. The lowest BCUT2D eigenvalue weighted by Gasteiger charge is -2.13. The van der Waals surface area contributed by atoms with Crippen LogP contribution in [0.25, 0.3) is 0 Å². The van der Waals surface area contributed by atoms with Crippen LogP contribution >= 0.6 is 11.6 Å². The number of nitrogens with one attached hydrogen (secondary N) is 1. The Balaban J connectivity index is 2.41. The SMILES string of the molecule is CCOCC(C)NCc1cc(F)cc(Cl)c1. The molecule has 1 aromatic carbocycles. The zero-order valence-electron chi connectivity index (χ0n) is 9.59. The van der Waals surface area contributed by atoms with Crippen LogP contribution in [0, 0.1) is 5.82 Å². The summed E-state index contributed by atoms with van der Waals surface area (Å²) in [6.45, 7) is 5.93. The third-order valence-electron chi connectivity index (χ3n) is 2.15. The number of hydrogen-bond donors (Lipinski definition) is 1. The molecule has 0 aromatic heterocycles. The molecule has 1 N–H and O–H groups in total. The largest absolute Gasteiger partial charge is 0.380 e. The van der Waals surface area contributed by atoms with E-state index < -0.39 is 0 Å². The van der Waals surface area contributed by atoms with Gasteiger partial charge < -0.3 is 10.1 Å². The molecule has 0 radical (unpaired) electrons. The van der Waals surface area contributed by atoms with Crippen LogP contribution in [0.15, 0.2) is 18.2 Å². The Morgan fingerprint density at radius 3 is 2.81 bits per heavy atom. The van der Waals surface area contributed by atoms with Gasteiger partial charge in [0.15, 0.2) is 0 Å². The van der Waals surface area contributed by atoms with Gasteiger partial charge in [0.1, 0.15) is 5.82 Å². The van der Waals surface area contributed by atoms with Gasteiger partial charge in [-0.2, -0.15) is 0 Å². The van der Waals surface area contributed by atoms with Gasteiger partial charge in [0, 0.05) is 24.2 Å². The number of rotatable bonds is 6. The highest BCUT2D eigenvalue weighted by molar-refractivity contribution is 6.30. The topological polar surface area (TPSA) is 21.3 Å². The molecule has 0 saturated carbocycles. The van der Waals surface area contributed by atoms with Gasteiger partial charge in [-0.25, -0.2) is 4.39 Å². The highest BCUT2D eigenvalue weighted by Crippen LogP contribution is 2.13. The van der Waals surface area contributed by atoms with E-state index >= 15 is 0 Å². The summed E-state index contributed by atoms with van der Waals surface area (Å²) < 4.78 is 18.3. The molecule has 16 heavy (non-hydrogen) atoms. The molecule has 0 heterocycles. The van der Waals surface area contributed by atoms with Gasteiger partial charge in [-0.05, 0) is 37.6 Å². The van der Waals surface area contributed by atoms with Gasteiger partial charge in [0.25, 0.3) is 0 Å². The predicted octanol–water partition coefficient (Wildman–Crippen LogP) is 2.99. The van der Waals surface area contributed by atoms with Gasteiger partial charge in [-0.3, -0.25) is 0 Å². The van der Waals surface area contributed by atoms with E-state index in [0.717, 1.165) is 5.56 Å². The van der Waals surface area contributed by atoms with Crippen LogP contribution in [0.3, 0.4) is 0 Å². The first-order valence-electron chi connectivity index (χ1n) is 5.38. The van der Waals surface area contributed by atoms with Crippen LogP contribution in [0.2, 0.25) is 5.02 Å². The number of benzene rings is 1. The second-order valence-corrected chi connectivity index (χ2v) is 4.16. The Labute approximate surface area is 101 Å². The molecule has 0 fully saturated rings. The van der Waals surface area contributed by atoms with E-state index in [1.807, 2.05) is 13.8 Å². The van der Waals surface area contributed by atoms with Crippen LogP contribution in [-0.2, 0) is 11.3 Å². The Bertz CT molecular complexity index is 313. The maximum absolute atomic E-state index is 13.0. The molecule has 4 heteroatoms. The van der Waals surface area contributed by atoms with Gasteiger partial charge in [0.2, 0.25) is 0 Å². The molecular weight excluding hydrogens is 229 g/mol. The molecule has 90 valence electrons. The fourth-order valence-corrected chi connectivity index (χ4v) is 1.60. The van der Waals surface area contributed by atoms with Crippen molar-refractivity contribution >= 4 is 11.6 Å². The van der Waals surface area contributed by atoms with E-state index in [2.05, 4.69) is 5.32 Å². The Morgan fingerprint density at radius 1 is 1.44 bits per heavy atom. The summed E-state index contributed by atoms with van der Waals surface area (Å²) in [6.07, 6.45) is 0. The van der Waals surface area contributed by atoms with Gasteiger partial charge in [-0.1, -0.05) is 11.6 Å². The summed E-state index contributed by atoms with van der Waals surface area (Å²) in [5, 5.41) is 3.66. The molecular formula is C12H17ClFNO. The third kappa shape index (κ3) is 4.92. The zero-order valence-corrected chi connectivity index (χ0v) is 10.4. The minimum Gasteiger partial charge on any atom is -0.380 e. The van der Waals surface area contributed by atoms with Crippen LogP contribution in [0.5, 0.6) is 0 Å². The predicted molar refractivity (Wildman–Crippen MR) is 64.2 cm³/mol. The second kappa shape index (κ2) is 6.84. The van der Waals surface area contributed by atoms with E-state index in [0.29, 0.717) is 24.8 Å². The van der Waals surface area contributed by atoms with Gasteiger partial charge >= 0.3 is 0 Å². The first kappa shape index (κ1) is 13.4. The molecule has 1 aromatic rings. The van der Waals surface area contributed by atoms with Crippen molar-refractivity contribution in [2.45, 2.75) is 26.4 Å². The molecule has 0 spiro atoms. The molecule has 0 aliphatic heterocycles. The highest BCUT2D eigenvalue weighted by Gasteiger charge is 2.03. The molecule has 0 bridgehead atoms. The van der Waals surface area contributed by atoms with Gasteiger partial charge in [-0.15, -0.1) is 0 Å². The van der Waals surface area contributed by atoms with Crippen molar-refractivity contribution in [1.29, 1.82) is 0 Å². The van der Waals surface area contributed by atoms with Crippen LogP contribution in [0.1, 0.15) is 19.4 Å². The van der Waals surface area contributed by atoms with E-state index in [1.54, 1.807) is 6.07 Å². The lowest BCUT2D eigenvalue weighted by molar-refractivity contribution is 0.127. The van der Waals surface area contributed by atoms with Crippen LogP contribution in [0.4, 0.5) is 4.39 Å². The summed E-state index contributed by atoms with van der Waals surface area (Å²) in [4.78, 5) is 0. The normalized spacial score (nSPS) is 12.8. The Hall–Kier alpha value is -0.640. The summed E-state index contributed by atoms with van der Waals surface area (Å²) in [5.74, 6) is -0.304. The maximum Gasteiger partial charge on any atom is 0.125 e. The summed E-state index contributed by atoms with van der Waals surface area (Å²) in [7, 11) is 0. The number of hydrogen-bond acceptors (Lipinski definition) is 2. The van der Waals surface area contributed by atoms with E-state index in [9.17, 15) is 4.39 Å². The Kier molecular flexibility index (Phi) is 5.74. The van der Waals surface area contributed by atoms with Crippen molar-refractivity contribution in [2.75, 3.05) is 13.2 Å². The van der Waals surface area contributed by atoms with E-state index in [-0.39, 0.29) is 11.9 Å². The molecule has 1 atom stereocenters. The van der Waals surface area contributed by atoms with E-state index in [1.165, 1.54) is 12.1 Å². The average Bonchev–Trinajstić information content (AvgIpc) is 2.22. The van der Waals surface area contributed by atoms with Crippen molar-refractivity contribution in [3.05, 3.63) is 34.6 Å². The molecule has 2 nitrogen and oxygen atoms in total. The van der Waals surface area contributed by atoms with Crippen molar-refractivity contribution in [2.24, 2.45) is 0 Å². The standard InChI is InChI=1S/C12H17ClFNO/c1-3-16-8-9(2)15-7-10-4-11(13)6-12(14)5-10/h4-6,9,15H,3,7-8H2,1-2H3. The minimum absolute atomic E-state index is 0.238. The molecule has 1 unspecified atom stereocenters. The maximum atomic E-state index is 13.0. The van der Waals surface area contributed by atoms with Crippen molar-refractivity contribution in [3.63, 3.8) is 0 Å². The number of ether oxygens (including phenoxy) is 1. The first-order valence-corrected chi connectivity index (χ1v) is 5.75. The zero-order chi connectivity index (χ0) is 12.0. The quantitative estimate of drug-likeness (QED) is 0.832. The fourth-order valence-electron chi connectivity index (χ4n) is 1.36. The average molecular weight is 246 g/mol. The molecule has 1 rings (SSSR count). The minimum atomic E-state index is -0.304. The summed E-state index contributed by atoms with van der Waals surface area (Å²) in [6, 6.07) is 4.77. The van der Waals surface area contributed by atoms with Crippen molar-refractivity contribution < 1.29 is 9.13 Å². The molecule has 0 aliphatic rings. The Morgan fingerprint density at radius 2 is 2.19 bits per heavy atom. The number of halogens is 2. The van der Waals surface area contributed by atoms with E-state index in [4.69, 9.17) is 16.3 Å². The lowest BCUT2D eigenvalue weighted by atomic mass is 10.2. The van der Waals surface area contributed by atoms with Crippen molar-refractivity contribution in [3.8, 4) is 0 Å². The van der Waals surface area contributed by atoms with Crippen molar-refractivity contribution in [1.82, 2.24) is 5.32 Å². The smallest absolute Gasteiger partial charge is 0.125 e. The monoisotopic (exact) mass is 245 g/mol. The molecule has 0 aliphatic carbocycles. The first-order chi connectivity index (χ1) is 7.61. The lowest BCUT2D eigenvalue weighted by Crippen LogP contribution is -2.30. The molecule has 0 saturated heterocycles. The summed E-state index contributed by atoms with van der Waals surface area (Å²) in [5.41, 5.74) is 0.841.